The number of hydrogen-bond acceptors (Lipinski definition) is 5. The van der Waals surface area contributed by atoms with Crippen molar-refractivity contribution in [2.24, 2.45) is 5.73 Å². The highest BCUT2D eigenvalue weighted by molar-refractivity contribution is 6.31. The van der Waals surface area contributed by atoms with Crippen LogP contribution in [0.2, 0.25) is 5.02 Å². The van der Waals surface area contributed by atoms with E-state index in [2.05, 4.69) is 10.1 Å². The molecule has 0 aliphatic rings. The number of rotatable bonds is 7. The van der Waals surface area contributed by atoms with Gasteiger partial charge in [0.05, 0.1) is 6.54 Å². The van der Waals surface area contributed by atoms with E-state index < -0.39 is 24.4 Å². The summed E-state index contributed by atoms with van der Waals surface area (Å²) in [5.74, 6) is -1.55. The zero-order valence-corrected chi connectivity index (χ0v) is 12.1. The first-order valence-corrected chi connectivity index (χ1v) is 6.36. The number of esters is 1. The van der Waals surface area contributed by atoms with Gasteiger partial charge in [-0.1, -0.05) is 11.6 Å². The molecule has 0 bridgehead atoms. The van der Waals surface area contributed by atoms with Crippen LogP contribution < -0.4 is 15.8 Å². The van der Waals surface area contributed by atoms with Crippen LogP contribution in [-0.2, 0) is 19.1 Å². The molecule has 0 atom stereocenters. The predicted octanol–water partition coefficient (Wildman–Crippen LogP) is 0.172. The van der Waals surface area contributed by atoms with E-state index in [1.54, 1.807) is 25.1 Å². The lowest BCUT2D eigenvalue weighted by Gasteiger charge is -2.08. The molecule has 0 heterocycles. The summed E-state index contributed by atoms with van der Waals surface area (Å²) >= 11 is 5.86. The minimum absolute atomic E-state index is 0.309. The SMILES string of the molecule is Cc1cc(OCC(=O)OCC(=O)NCC(N)=O)ccc1Cl. The molecule has 0 saturated carbocycles. The highest BCUT2D eigenvalue weighted by atomic mass is 35.5. The zero-order chi connectivity index (χ0) is 15.8. The van der Waals surface area contributed by atoms with E-state index in [-0.39, 0.29) is 13.2 Å². The fourth-order valence-corrected chi connectivity index (χ4v) is 1.39. The highest BCUT2D eigenvalue weighted by Crippen LogP contribution is 2.20. The number of halogens is 1. The van der Waals surface area contributed by atoms with Gasteiger partial charge in [0.15, 0.2) is 13.2 Å². The van der Waals surface area contributed by atoms with Gasteiger partial charge in [-0.2, -0.15) is 0 Å². The summed E-state index contributed by atoms with van der Waals surface area (Å²) in [6.45, 7) is 0.646. The van der Waals surface area contributed by atoms with E-state index in [1.807, 2.05) is 0 Å². The molecule has 0 aromatic heterocycles. The van der Waals surface area contributed by atoms with Gasteiger partial charge in [0.25, 0.3) is 5.91 Å². The predicted molar refractivity (Wildman–Crippen MR) is 74.8 cm³/mol. The molecule has 2 amide bonds. The Balaban J connectivity index is 2.29. The van der Waals surface area contributed by atoms with Crippen LogP contribution in [0.25, 0.3) is 0 Å². The molecule has 8 heteroatoms. The molecule has 1 rings (SSSR count). The van der Waals surface area contributed by atoms with E-state index in [4.69, 9.17) is 22.1 Å². The first kappa shape index (κ1) is 16.8. The number of hydrogen-bond donors (Lipinski definition) is 2. The van der Waals surface area contributed by atoms with E-state index in [1.165, 1.54) is 0 Å². The molecule has 7 nitrogen and oxygen atoms in total. The smallest absolute Gasteiger partial charge is 0.344 e. The van der Waals surface area contributed by atoms with Crippen LogP contribution in [-0.4, -0.2) is 37.5 Å². The van der Waals surface area contributed by atoms with Gasteiger partial charge >= 0.3 is 5.97 Å². The Hall–Kier alpha value is -2.28. The number of aryl methyl sites for hydroxylation is 1. The second-order valence-electron chi connectivity index (χ2n) is 4.10. The summed E-state index contributed by atoms with van der Waals surface area (Å²) < 4.78 is 9.85. The summed E-state index contributed by atoms with van der Waals surface area (Å²) in [6, 6.07) is 4.94. The number of nitrogens with two attached hydrogens (primary N) is 1. The van der Waals surface area contributed by atoms with Gasteiger partial charge in [0.2, 0.25) is 5.91 Å². The Kier molecular flexibility index (Phi) is 6.48. The van der Waals surface area contributed by atoms with Crippen molar-refractivity contribution in [2.45, 2.75) is 6.92 Å². The van der Waals surface area contributed by atoms with E-state index in [9.17, 15) is 14.4 Å². The van der Waals surface area contributed by atoms with E-state index in [0.29, 0.717) is 10.8 Å². The molecule has 3 N–H and O–H groups in total. The average Bonchev–Trinajstić information content (AvgIpc) is 2.44. The third kappa shape index (κ3) is 6.62. The fourth-order valence-electron chi connectivity index (χ4n) is 1.27. The van der Waals surface area contributed by atoms with Crippen LogP contribution in [0.4, 0.5) is 0 Å². The maximum atomic E-state index is 11.4. The van der Waals surface area contributed by atoms with Crippen molar-refractivity contribution >= 4 is 29.4 Å². The van der Waals surface area contributed by atoms with Crippen LogP contribution >= 0.6 is 11.6 Å². The average molecular weight is 315 g/mol. The van der Waals surface area contributed by atoms with Crippen LogP contribution in [0, 0.1) is 6.92 Å². The topological polar surface area (TPSA) is 108 Å². The number of amides is 2. The molecule has 114 valence electrons. The summed E-state index contributed by atoms with van der Waals surface area (Å²) in [4.78, 5) is 32.9. The van der Waals surface area contributed by atoms with Crippen molar-refractivity contribution in [1.82, 2.24) is 5.32 Å². The zero-order valence-electron chi connectivity index (χ0n) is 11.3. The number of ether oxygens (including phenoxy) is 2. The molecule has 0 unspecified atom stereocenters. The summed E-state index contributed by atoms with van der Waals surface area (Å²) in [5.41, 5.74) is 5.65. The molecule has 1 aromatic carbocycles. The molecule has 21 heavy (non-hydrogen) atoms. The molecule has 0 spiro atoms. The molecule has 0 saturated heterocycles. The summed E-state index contributed by atoms with van der Waals surface area (Å²) in [6.07, 6.45) is 0. The van der Waals surface area contributed by atoms with Crippen LogP contribution in [0.3, 0.4) is 0 Å². The minimum atomic E-state index is -0.711. The van der Waals surface area contributed by atoms with Crippen LogP contribution in [0.15, 0.2) is 18.2 Å². The fraction of sp³-hybridized carbons (Fsp3) is 0.308. The number of benzene rings is 1. The second-order valence-corrected chi connectivity index (χ2v) is 4.51. The molecular formula is C13H15ClN2O5. The van der Waals surface area contributed by atoms with Gasteiger partial charge in [-0.05, 0) is 30.7 Å². The van der Waals surface area contributed by atoms with E-state index >= 15 is 0 Å². The maximum Gasteiger partial charge on any atom is 0.344 e. The Morgan fingerprint density at radius 3 is 2.62 bits per heavy atom. The Labute approximate surface area is 126 Å². The Morgan fingerprint density at radius 2 is 2.00 bits per heavy atom. The standard InChI is InChI=1S/C13H15ClN2O5/c1-8-4-9(2-3-10(8)14)20-7-13(19)21-6-12(18)16-5-11(15)17/h2-4H,5-7H2,1H3,(H2,15,17)(H,16,18). The third-order valence-electron chi connectivity index (χ3n) is 2.31. The quantitative estimate of drug-likeness (QED) is 0.698. The van der Waals surface area contributed by atoms with Crippen LogP contribution in [0.5, 0.6) is 5.75 Å². The van der Waals surface area contributed by atoms with Crippen molar-refractivity contribution in [3.05, 3.63) is 28.8 Å². The second kappa shape index (κ2) is 8.11. The number of carbonyl (C=O) groups is 3. The van der Waals surface area contributed by atoms with Crippen molar-refractivity contribution in [3.63, 3.8) is 0 Å². The van der Waals surface area contributed by atoms with Gasteiger partial charge in [-0.25, -0.2) is 4.79 Å². The van der Waals surface area contributed by atoms with Gasteiger partial charge in [-0.3, -0.25) is 9.59 Å². The molecule has 1 aromatic rings. The molecular weight excluding hydrogens is 300 g/mol. The Morgan fingerprint density at radius 1 is 1.29 bits per heavy atom. The molecule has 0 fully saturated rings. The van der Waals surface area contributed by atoms with Crippen molar-refractivity contribution in [1.29, 1.82) is 0 Å². The van der Waals surface area contributed by atoms with Gasteiger partial charge in [-0.15, -0.1) is 0 Å². The summed E-state index contributed by atoms with van der Waals surface area (Å²) in [7, 11) is 0. The lowest BCUT2D eigenvalue weighted by molar-refractivity contribution is -0.150. The third-order valence-corrected chi connectivity index (χ3v) is 2.73. The Bertz CT molecular complexity index is 547. The lowest BCUT2D eigenvalue weighted by Crippen LogP contribution is -2.36. The highest BCUT2D eigenvalue weighted by Gasteiger charge is 2.09. The van der Waals surface area contributed by atoms with Gasteiger partial charge < -0.3 is 20.5 Å². The van der Waals surface area contributed by atoms with Crippen LogP contribution in [0.1, 0.15) is 5.56 Å². The maximum absolute atomic E-state index is 11.4. The summed E-state index contributed by atoms with van der Waals surface area (Å²) in [5, 5.41) is 2.77. The monoisotopic (exact) mass is 314 g/mol. The van der Waals surface area contributed by atoms with Crippen molar-refractivity contribution in [2.75, 3.05) is 19.8 Å². The van der Waals surface area contributed by atoms with Crippen molar-refractivity contribution < 1.29 is 23.9 Å². The lowest BCUT2D eigenvalue weighted by atomic mass is 10.2. The minimum Gasteiger partial charge on any atom is -0.482 e. The number of carbonyl (C=O) groups excluding carboxylic acids is 3. The first-order chi connectivity index (χ1) is 9.88. The largest absolute Gasteiger partial charge is 0.482 e. The molecule has 0 aliphatic carbocycles. The van der Waals surface area contributed by atoms with Gasteiger partial charge in [0.1, 0.15) is 5.75 Å². The van der Waals surface area contributed by atoms with Crippen molar-refractivity contribution in [3.8, 4) is 5.75 Å². The number of primary amides is 1. The first-order valence-electron chi connectivity index (χ1n) is 5.98. The normalized spacial score (nSPS) is 9.81. The number of nitrogens with one attached hydrogen (secondary N) is 1. The van der Waals surface area contributed by atoms with Gasteiger partial charge in [0, 0.05) is 5.02 Å². The molecule has 0 aliphatic heterocycles. The molecule has 0 radical (unpaired) electrons. The van der Waals surface area contributed by atoms with E-state index in [0.717, 1.165) is 5.56 Å².